The van der Waals surface area contributed by atoms with E-state index in [1.165, 1.54) is 0 Å². The van der Waals surface area contributed by atoms with E-state index in [0.717, 1.165) is 44.7 Å². The van der Waals surface area contributed by atoms with Crippen molar-refractivity contribution in [3.05, 3.63) is 97.3 Å². The highest BCUT2D eigenvalue weighted by molar-refractivity contribution is 5.97. The molecule has 1 N–H and O–H groups in total. The van der Waals surface area contributed by atoms with Crippen LogP contribution >= 0.6 is 0 Å². The first kappa shape index (κ1) is 15.5. The second-order valence-corrected chi connectivity index (χ2v) is 6.35. The molecule has 3 heteroatoms. The number of nitrogens with one attached hydrogen (secondary N) is 1. The fourth-order valence-electron chi connectivity index (χ4n) is 3.39. The monoisotopic (exact) mass is 346 g/mol. The van der Waals surface area contributed by atoms with Crippen LogP contribution in [0.2, 0.25) is 0 Å². The smallest absolute Gasteiger partial charge is 0.0958 e. The molecule has 0 aliphatic rings. The molecule has 0 fully saturated rings. The van der Waals surface area contributed by atoms with Gasteiger partial charge in [-0.25, -0.2) is 4.98 Å². The molecule has 3 heterocycles. The Labute approximate surface area is 157 Å². The third-order valence-electron chi connectivity index (χ3n) is 4.67. The Morgan fingerprint density at radius 3 is 2.41 bits per heavy atom. The van der Waals surface area contributed by atoms with Crippen molar-refractivity contribution in [2.45, 2.75) is 0 Å². The highest BCUT2D eigenvalue weighted by atomic mass is 14.8. The molecule has 0 aliphatic carbocycles. The van der Waals surface area contributed by atoms with Crippen LogP contribution in [0.4, 0.5) is 0 Å². The predicted octanol–water partition coefficient (Wildman–Crippen LogP) is 5.76. The van der Waals surface area contributed by atoms with Gasteiger partial charge in [-0.2, -0.15) is 0 Å². The number of rotatable bonds is 3. The molecule has 5 aromatic rings. The van der Waals surface area contributed by atoms with Crippen molar-refractivity contribution >= 4 is 10.9 Å². The van der Waals surface area contributed by atoms with E-state index in [2.05, 4.69) is 46.4 Å². The number of H-pyrrole nitrogens is 1. The average molecular weight is 346 g/mol. The van der Waals surface area contributed by atoms with Gasteiger partial charge in [0.1, 0.15) is 0 Å². The maximum Gasteiger partial charge on any atom is 0.0958 e. The summed E-state index contributed by atoms with van der Waals surface area (Å²) in [6, 6.07) is 29.6. The summed E-state index contributed by atoms with van der Waals surface area (Å²) in [5.41, 5.74) is 7.10. The van der Waals surface area contributed by atoms with Crippen LogP contribution in [0.3, 0.4) is 0 Å². The van der Waals surface area contributed by atoms with Gasteiger partial charge in [-0.05, 0) is 35.9 Å². The summed E-state index contributed by atoms with van der Waals surface area (Å²) in [6.45, 7) is 0. The quantitative estimate of drug-likeness (QED) is 0.451. The van der Waals surface area contributed by atoms with Crippen LogP contribution in [0.15, 0.2) is 91.3 Å². The van der Waals surface area contributed by atoms with Crippen LogP contribution in [0.25, 0.3) is 44.7 Å². The van der Waals surface area contributed by atoms with E-state index in [-0.39, 0.29) is 0 Å². The van der Waals surface area contributed by atoms with E-state index < -0.39 is 0 Å². The van der Waals surface area contributed by atoms with Gasteiger partial charge in [0.25, 0.3) is 0 Å². The Morgan fingerprint density at radius 1 is 0.778 bits per heavy atom. The first-order valence-electron chi connectivity index (χ1n) is 8.85. The van der Waals surface area contributed by atoms with E-state index in [4.69, 9.17) is 4.98 Å². The molecule has 0 unspecified atom stereocenters. The first-order valence-corrected chi connectivity index (χ1v) is 8.85. The van der Waals surface area contributed by atoms with Crippen molar-refractivity contribution in [1.82, 2.24) is 15.0 Å². The third kappa shape index (κ3) is 2.79. The summed E-state index contributed by atoms with van der Waals surface area (Å²) >= 11 is 0. The van der Waals surface area contributed by atoms with Gasteiger partial charge in [0.2, 0.25) is 0 Å². The Bertz CT molecular complexity index is 1190. The van der Waals surface area contributed by atoms with Crippen molar-refractivity contribution in [3.63, 3.8) is 0 Å². The summed E-state index contributed by atoms with van der Waals surface area (Å²) in [4.78, 5) is 12.9. The molecule has 0 aliphatic heterocycles. The number of pyridine rings is 2. The van der Waals surface area contributed by atoms with Crippen molar-refractivity contribution in [1.29, 1.82) is 0 Å². The number of hydrogen-bond acceptors (Lipinski definition) is 2. The topological polar surface area (TPSA) is 41.6 Å². The Hall–Kier alpha value is -3.72. The minimum absolute atomic E-state index is 0.912. The zero-order valence-corrected chi connectivity index (χ0v) is 14.6. The fourth-order valence-corrected chi connectivity index (χ4v) is 3.39. The second kappa shape index (κ2) is 6.54. The largest absolute Gasteiger partial charge is 0.360 e. The highest BCUT2D eigenvalue weighted by Gasteiger charge is 2.14. The lowest BCUT2D eigenvalue weighted by Crippen LogP contribution is -1.94. The molecule has 27 heavy (non-hydrogen) atoms. The lowest BCUT2D eigenvalue weighted by Gasteiger charge is -2.13. The van der Waals surface area contributed by atoms with Crippen LogP contribution in [-0.2, 0) is 0 Å². The molecule has 127 valence electrons. The Morgan fingerprint density at radius 2 is 1.63 bits per heavy atom. The summed E-state index contributed by atoms with van der Waals surface area (Å²) in [5.74, 6) is 0. The van der Waals surface area contributed by atoms with Gasteiger partial charge in [-0.3, -0.25) is 4.98 Å². The molecular weight excluding hydrogens is 330 g/mol. The van der Waals surface area contributed by atoms with Crippen LogP contribution in [-0.4, -0.2) is 15.0 Å². The van der Waals surface area contributed by atoms with Crippen molar-refractivity contribution in [2.24, 2.45) is 0 Å². The molecule has 5 rings (SSSR count). The van der Waals surface area contributed by atoms with E-state index in [1.54, 1.807) is 0 Å². The van der Waals surface area contributed by atoms with E-state index in [0.29, 0.717) is 0 Å². The van der Waals surface area contributed by atoms with Gasteiger partial charge >= 0.3 is 0 Å². The molecule has 0 saturated carbocycles. The van der Waals surface area contributed by atoms with E-state index in [9.17, 15) is 0 Å². The molecule has 0 saturated heterocycles. The molecule has 0 atom stereocenters. The number of hydrogen-bond donors (Lipinski definition) is 1. The number of aromatic nitrogens is 3. The minimum atomic E-state index is 0.912. The molecular formula is C24H16N3. The summed E-state index contributed by atoms with van der Waals surface area (Å²) < 4.78 is 0. The summed E-state index contributed by atoms with van der Waals surface area (Å²) in [6.07, 6.45) is 3.73. The zero-order valence-electron chi connectivity index (χ0n) is 14.6. The SMILES string of the molecule is [c]1ccc(-c2nc3ccnc(-c4ccc[nH]4)c3cc2-c2ccccc2)cc1. The molecule has 0 spiro atoms. The van der Waals surface area contributed by atoms with Gasteiger partial charge in [0.05, 0.1) is 22.6 Å². The summed E-state index contributed by atoms with van der Waals surface area (Å²) in [7, 11) is 0. The summed E-state index contributed by atoms with van der Waals surface area (Å²) in [5, 5.41) is 1.03. The van der Waals surface area contributed by atoms with Crippen molar-refractivity contribution in [3.8, 4) is 33.8 Å². The molecule has 0 bridgehead atoms. The van der Waals surface area contributed by atoms with E-state index in [1.807, 2.05) is 60.9 Å². The molecule has 1 radical (unpaired) electrons. The average Bonchev–Trinajstić information content (AvgIpc) is 3.28. The van der Waals surface area contributed by atoms with Gasteiger partial charge in [0.15, 0.2) is 0 Å². The van der Waals surface area contributed by atoms with Gasteiger partial charge in [-0.15, -0.1) is 0 Å². The number of benzene rings is 2. The Balaban J connectivity index is 1.84. The maximum absolute atomic E-state index is 5.02. The van der Waals surface area contributed by atoms with Gasteiger partial charge in [-0.1, -0.05) is 54.6 Å². The number of fused-ring (bicyclic) bond motifs is 1. The molecule has 3 aromatic heterocycles. The maximum atomic E-state index is 5.02. The lowest BCUT2D eigenvalue weighted by molar-refractivity contribution is 1.29. The van der Waals surface area contributed by atoms with Crippen molar-refractivity contribution in [2.75, 3.05) is 0 Å². The normalized spacial score (nSPS) is 11.0. The minimum Gasteiger partial charge on any atom is -0.360 e. The lowest BCUT2D eigenvalue weighted by atomic mass is 9.97. The molecule has 2 aromatic carbocycles. The molecule has 3 nitrogen and oxygen atoms in total. The van der Waals surface area contributed by atoms with Crippen molar-refractivity contribution < 1.29 is 0 Å². The Kier molecular flexibility index (Phi) is 3.76. The predicted molar refractivity (Wildman–Crippen MR) is 109 cm³/mol. The molecule has 0 amide bonds. The van der Waals surface area contributed by atoms with Gasteiger partial charge < -0.3 is 4.98 Å². The van der Waals surface area contributed by atoms with Crippen LogP contribution in [0, 0.1) is 6.07 Å². The first-order chi connectivity index (χ1) is 13.4. The number of nitrogens with zero attached hydrogens (tertiary/aromatic N) is 2. The zero-order chi connectivity index (χ0) is 18.1. The van der Waals surface area contributed by atoms with Crippen LogP contribution in [0.1, 0.15) is 0 Å². The van der Waals surface area contributed by atoms with Gasteiger partial charge in [0, 0.05) is 28.9 Å². The second-order valence-electron chi connectivity index (χ2n) is 6.35. The standard InChI is InChI=1S/C24H16N3/c1-3-8-17(9-4-1)19-16-20-21(27-23(19)18-10-5-2-6-11-18)13-15-26-24(20)22-12-7-14-25-22/h1,3-16,25H. The number of aromatic amines is 1. The fraction of sp³-hybridized carbons (Fsp3) is 0. The van der Waals surface area contributed by atoms with Crippen LogP contribution < -0.4 is 0 Å². The van der Waals surface area contributed by atoms with E-state index >= 15 is 0 Å². The third-order valence-corrected chi connectivity index (χ3v) is 4.67. The van der Waals surface area contributed by atoms with Crippen LogP contribution in [0.5, 0.6) is 0 Å². The highest BCUT2D eigenvalue weighted by Crippen LogP contribution is 2.35.